The summed E-state index contributed by atoms with van der Waals surface area (Å²) in [6, 6.07) is 0.156. The molecular formula is C13H21N5OS. The highest BCUT2D eigenvalue weighted by atomic mass is 32.1. The van der Waals surface area contributed by atoms with Crippen LogP contribution < -0.4 is 16.0 Å². The van der Waals surface area contributed by atoms with Crippen LogP contribution in [0.2, 0.25) is 0 Å². The zero-order chi connectivity index (χ0) is 14.7. The van der Waals surface area contributed by atoms with Crippen molar-refractivity contribution in [2.45, 2.75) is 39.3 Å². The fourth-order valence-electron chi connectivity index (χ4n) is 2.16. The third kappa shape index (κ3) is 3.00. The maximum atomic E-state index is 5.74. The molecule has 1 unspecified atom stereocenters. The molecule has 2 rings (SSSR count). The van der Waals surface area contributed by atoms with E-state index in [1.807, 2.05) is 17.0 Å². The molecule has 0 radical (unpaired) electrons. The van der Waals surface area contributed by atoms with Crippen molar-refractivity contribution in [3.8, 4) is 5.75 Å². The summed E-state index contributed by atoms with van der Waals surface area (Å²) in [7, 11) is 1.65. The number of thiazole rings is 1. The van der Waals surface area contributed by atoms with Crippen molar-refractivity contribution in [2.24, 2.45) is 5.84 Å². The predicted molar refractivity (Wildman–Crippen MR) is 79.8 cm³/mol. The summed E-state index contributed by atoms with van der Waals surface area (Å²) in [4.78, 5) is 4.49. The molecule has 1 atom stereocenters. The molecule has 20 heavy (non-hydrogen) atoms. The van der Waals surface area contributed by atoms with Crippen LogP contribution in [0.5, 0.6) is 5.75 Å². The normalized spacial score (nSPS) is 12.9. The van der Waals surface area contributed by atoms with Gasteiger partial charge in [-0.3, -0.25) is 16.0 Å². The molecule has 0 aliphatic rings. The number of aromatic nitrogens is 3. The fourth-order valence-corrected chi connectivity index (χ4v) is 2.98. The van der Waals surface area contributed by atoms with Crippen LogP contribution in [0.3, 0.4) is 0 Å². The maximum absolute atomic E-state index is 5.74. The van der Waals surface area contributed by atoms with Crippen LogP contribution >= 0.6 is 11.3 Å². The number of nitrogens with zero attached hydrogens (tertiary/aromatic N) is 3. The van der Waals surface area contributed by atoms with Crippen LogP contribution in [0, 0.1) is 6.92 Å². The van der Waals surface area contributed by atoms with E-state index < -0.39 is 0 Å². The molecule has 0 fully saturated rings. The van der Waals surface area contributed by atoms with E-state index in [1.54, 1.807) is 24.6 Å². The second-order valence-electron chi connectivity index (χ2n) is 4.94. The van der Waals surface area contributed by atoms with Gasteiger partial charge in [0.25, 0.3) is 0 Å². The van der Waals surface area contributed by atoms with E-state index in [4.69, 9.17) is 10.6 Å². The topological polar surface area (TPSA) is 78.0 Å². The van der Waals surface area contributed by atoms with E-state index >= 15 is 0 Å². The molecule has 0 aliphatic carbocycles. The highest BCUT2D eigenvalue weighted by Crippen LogP contribution is 2.29. The predicted octanol–water partition coefficient (Wildman–Crippen LogP) is 1.98. The smallest absolute Gasteiger partial charge is 0.161 e. The summed E-state index contributed by atoms with van der Waals surface area (Å²) in [6.07, 6.45) is 2.44. The molecule has 7 heteroatoms. The number of ether oxygens (including phenoxy) is 1. The van der Waals surface area contributed by atoms with Gasteiger partial charge in [-0.15, -0.1) is 11.3 Å². The van der Waals surface area contributed by atoms with Crippen LogP contribution in [-0.4, -0.2) is 21.9 Å². The first-order chi connectivity index (χ1) is 9.56. The number of nitrogens with one attached hydrogen (secondary N) is 1. The Morgan fingerprint density at radius 1 is 1.50 bits per heavy atom. The molecule has 0 amide bonds. The van der Waals surface area contributed by atoms with Crippen LogP contribution in [0.1, 0.15) is 42.3 Å². The van der Waals surface area contributed by atoms with Crippen LogP contribution in [-0.2, 0) is 6.42 Å². The van der Waals surface area contributed by atoms with Gasteiger partial charge in [0.2, 0.25) is 0 Å². The third-order valence-corrected chi connectivity index (χ3v) is 4.07. The lowest BCUT2D eigenvalue weighted by atomic mass is 10.1. The largest absolute Gasteiger partial charge is 0.493 e. The van der Waals surface area contributed by atoms with Gasteiger partial charge in [0.05, 0.1) is 30.1 Å². The van der Waals surface area contributed by atoms with Crippen molar-refractivity contribution in [1.29, 1.82) is 0 Å². The Labute approximate surface area is 122 Å². The van der Waals surface area contributed by atoms with Gasteiger partial charge in [-0.25, -0.2) is 4.98 Å². The number of hydrazine groups is 1. The molecule has 3 N–H and O–H groups in total. The lowest BCUT2D eigenvalue weighted by molar-refractivity contribution is 0.384. The van der Waals surface area contributed by atoms with Gasteiger partial charge in [-0.1, -0.05) is 0 Å². The lowest BCUT2D eigenvalue weighted by Gasteiger charge is -2.20. The van der Waals surface area contributed by atoms with E-state index in [9.17, 15) is 0 Å². The minimum absolute atomic E-state index is 0.0830. The number of hydrogen-bond acceptors (Lipinski definition) is 6. The molecule has 0 saturated heterocycles. The number of hydrogen-bond donors (Lipinski definition) is 2. The van der Waals surface area contributed by atoms with Crippen molar-refractivity contribution in [1.82, 2.24) is 20.2 Å². The first-order valence-corrected chi connectivity index (χ1v) is 7.43. The maximum Gasteiger partial charge on any atom is 0.161 e. The molecular weight excluding hydrogens is 274 g/mol. The van der Waals surface area contributed by atoms with E-state index in [1.165, 1.54) is 0 Å². The Morgan fingerprint density at radius 2 is 2.25 bits per heavy atom. The number of nitrogens with two attached hydrogens (primary N) is 1. The van der Waals surface area contributed by atoms with E-state index in [0.29, 0.717) is 6.42 Å². The van der Waals surface area contributed by atoms with Gasteiger partial charge in [-0.05, 0) is 20.8 Å². The minimum Gasteiger partial charge on any atom is -0.493 e. The second kappa shape index (κ2) is 6.34. The zero-order valence-corrected chi connectivity index (χ0v) is 13.1. The third-order valence-electron chi connectivity index (χ3n) is 3.08. The van der Waals surface area contributed by atoms with Crippen LogP contribution in [0.15, 0.2) is 11.6 Å². The number of rotatable bonds is 6. The van der Waals surface area contributed by atoms with Gasteiger partial charge in [0.1, 0.15) is 0 Å². The number of aryl methyl sites for hydroxylation is 1. The van der Waals surface area contributed by atoms with Crippen LogP contribution in [0.4, 0.5) is 0 Å². The standard InChI is InChI=1S/C13H21N5OS/c1-8(2)18-13(11(19-4)6-15-18)10(17-14)5-12-16-9(3)7-20-12/h6-8,10,17H,5,14H2,1-4H3. The molecule has 110 valence electrons. The summed E-state index contributed by atoms with van der Waals surface area (Å²) in [6.45, 7) is 6.15. The molecule has 0 aromatic carbocycles. The van der Waals surface area contributed by atoms with Gasteiger partial charge in [-0.2, -0.15) is 5.10 Å². The summed E-state index contributed by atoms with van der Waals surface area (Å²) in [5.74, 6) is 6.49. The molecule has 0 spiro atoms. The Kier molecular flexibility index (Phi) is 4.74. The van der Waals surface area contributed by atoms with E-state index in [-0.39, 0.29) is 12.1 Å². The minimum atomic E-state index is -0.0830. The van der Waals surface area contributed by atoms with E-state index in [2.05, 4.69) is 29.4 Å². The quantitative estimate of drug-likeness (QED) is 0.629. The van der Waals surface area contributed by atoms with Crippen molar-refractivity contribution in [3.63, 3.8) is 0 Å². The monoisotopic (exact) mass is 295 g/mol. The molecule has 0 bridgehead atoms. The van der Waals surface area contributed by atoms with Crippen molar-refractivity contribution >= 4 is 11.3 Å². The Hall–Kier alpha value is -1.44. The summed E-state index contributed by atoms with van der Waals surface area (Å²) >= 11 is 1.64. The molecule has 2 aromatic rings. The number of methoxy groups -OCH3 is 1. The van der Waals surface area contributed by atoms with Crippen LogP contribution in [0.25, 0.3) is 0 Å². The van der Waals surface area contributed by atoms with Crippen molar-refractivity contribution < 1.29 is 4.74 Å². The Bertz CT molecular complexity index is 563. The molecule has 0 aliphatic heterocycles. The van der Waals surface area contributed by atoms with E-state index in [0.717, 1.165) is 22.1 Å². The van der Waals surface area contributed by atoms with Gasteiger partial charge >= 0.3 is 0 Å². The Balaban J connectivity index is 2.33. The SMILES string of the molecule is COc1cnn(C(C)C)c1C(Cc1nc(C)cs1)NN. The molecule has 6 nitrogen and oxygen atoms in total. The first-order valence-electron chi connectivity index (χ1n) is 6.55. The highest BCUT2D eigenvalue weighted by Gasteiger charge is 2.23. The molecule has 2 heterocycles. The summed E-state index contributed by atoms with van der Waals surface area (Å²) in [5.41, 5.74) is 4.85. The molecule has 2 aromatic heterocycles. The van der Waals surface area contributed by atoms with Gasteiger partial charge in [0.15, 0.2) is 5.75 Å². The lowest BCUT2D eigenvalue weighted by Crippen LogP contribution is -2.32. The Morgan fingerprint density at radius 3 is 2.75 bits per heavy atom. The summed E-state index contributed by atoms with van der Waals surface area (Å²) < 4.78 is 7.34. The zero-order valence-electron chi connectivity index (χ0n) is 12.3. The average Bonchev–Trinajstić information content (AvgIpc) is 3.01. The van der Waals surface area contributed by atoms with Gasteiger partial charge < -0.3 is 4.74 Å². The van der Waals surface area contributed by atoms with Crippen molar-refractivity contribution in [2.75, 3.05) is 7.11 Å². The summed E-state index contributed by atoms with van der Waals surface area (Å²) in [5, 5.41) is 7.47. The first kappa shape index (κ1) is 15.0. The second-order valence-corrected chi connectivity index (χ2v) is 5.89. The van der Waals surface area contributed by atoms with Crippen molar-refractivity contribution in [3.05, 3.63) is 28.0 Å². The fraction of sp³-hybridized carbons (Fsp3) is 0.538. The highest BCUT2D eigenvalue weighted by molar-refractivity contribution is 7.09. The average molecular weight is 295 g/mol. The molecule has 0 saturated carbocycles. The van der Waals surface area contributed by atoms with Gasteiger partial charge in [0, 0.05) is 23.5 Å².